The summed E-state index contributed by atoms with van der Waals surface area (Å²) in [4.78, 5) is 12.2. The number of hydrogen-bond donors (Lipinski definition) is 0. The predicted molar refractivity (Wildman–Crippen MR) is 78.6 cm³/mol. The van der Waals surface area contributed by atoms with E-state index in [2.05, 4.69) is 11.0 Å². The molecule has 0 amide bonds. The van der Waals surface area contributed by atoms with Crippen molar-refractivity contribution in [3.63, 3.8) is 0 Å². The Labute approximate surface area is 139 Å². The highest BCUT2D eigenvalue weighted by atomic mass is 19.4. The minimum Gasteiger partial charge on any atom is -0.479 e. The van der Waals surface area contributed by atoms with Crippen molar-refractivity contribution < 1.29 is 22.3 Å². The predicted octanol–water partition coefficient (Wildman–Crippen LogP) is 2.58. The van der Waals surface area contributed by atoms with E-state index in [4.69, 9.17) is 16.4 Å². The number of rotatable bonds is 3. The molecule has 0 saturated heterocycles. The number of nitriles is 1. The third-order valence-electron chi connectivity index (χ3n) is 3.23. The zero-order chi connectivity index (χ0) is 18.8. The molecule has 1 heterocycles. The largest absolute Gasteiger partial charge is 0.479 e. The van der Waals surface area contributed by atoms with Gasteiger partial charge < -0.3 is 4.74 Å². The summed E-state index contributed by atoms with van der Waals surface area (Å²) in [6, 6.07) is 3.45. The summed E-state index contributed by atoms with van der Waals surface area (Å²) in [5.41, 5.74) is -3.66. The second-order valence-corrected chi connectivity index (χ2v) is 4.80. The minimum absolute atomic E-state index is 0.122. The molecule has 1 aromatic heterocycles. The van der Waals surface area contributed by atoms with Gasteiger partial charge in [0.25, 0.3) is 5.56 Å². The number of halogens is 4. The number of ether oxygens (including phenoxy) is 1. The Kier molecular flexibility index (Phi) is 4.79. The quantitative estimate of drug-likeness (QED) is 0.630. The Hall–Kier alpha value is -3.33. The highest BCUT2D eigenvalue weighted by Crippen LogP contribution is 2.30. The maximum absolute atomic E-state index is 14.2. The molecule has 0 radical (unpaired) electrons. The third-order valence-corrected chi connectivity index (χ3v) is 3.23. The van der Waals surface area contributed by atoms with Crippen molar-refractivity contribution in [1.82, 2.24) is 9.78 Å². The second-order valence-electron chi connectivity index (χ2n) is 4.80. The summed E-state index contributed by atoms with van der Waals surface area (Å²) in [6.07, 6.45) is 0.705. The molecule has 9 heteroatoms. The Bertz CT molecular complexity index is 966. The molecule has 0 bridgehead atoms. The summed E-state index contributed by atoms with van der Waals surface area (Å²) >= 11 is 0. The van der Waals surface area contributed by atoms with E-state index in [0.717, 1.165) is 19.1 Å². The molecule has 0 aliphatic heterocycles. The zero-order valence-electron chi connectivity index (χ0n) is 12.7. The normalized spacial score (nSPS) is 10.8. The van der Waals surface area contributed by atoms with Crippen LogP contribution in [0.2, 0.25) is 0 Å². The molecule has 0 unspecified atom stereocenters. The van der Waals surface area contributed by atoms with Crippen molar-refractivity contribution in [3.05, 3.63) is 51.2 Å². The van der Waals surface area contributed by atoms with E-state index in [1.54, 1.807) is 6.07 Å². The molecule has 0 fully saturated rings. The summed E-state index contributed by atoms with van der Waals surface area (Å²) in [6.45, 7) is 0.731. The van der Waals surface area contributed by atoms with Crippen molar-refractivity contribution in [2.24, 2.45) is 0 Å². The Morgan fingerprint density at radius 2 is 2.08 bits per heavy atom. The molecule has 0 N–H and O–H groups in total. The highest BCUT2D eigenvalue weighted by Gasteiger charge is 2.34. The molecule has 0 spiro atoms. The van der Waals surface area contributed by atoms with Gasteiger partial charge in [-0.3, -0.25) is 4.79 Å². The molecule has 0 saturated carbocycles. The maximum atomic E-state index is 14.2. The van der Waals surface area contributed by atoms with Crippen LogP contribution in [0.5, 0.6) is 5.75 Å². The zero-order valence-corrected chi connectivity index (χ0v) is 12.7. The van der Waals surface area contributed by atoms with E-state index < -0.39 is 34.4 Å². The van der Waals surface area contributed by atoms with Gasteiger partial charge in [0, 0.05) is 11.6 Å². The maximum Gasteiger partial charge on any atom is 0.418 e. The Balaban J connectivity index is 2.67. The highest BCUT2D eigenvalue weighted by molar-refractivity contribution is 5.51. The smallest absolute Gasteiger partial charge is 0.418 e. The van der Waals surface area contributed by atoms with Crippen LogP contribution in [0.15, 0.2) is 23.1 Å². The molecule has 2 rings (SSSR count). The van der Waals surface area contributed by atoms with Gasteiger partial charge in [-0.1, -0.05) is 5.92 Å². The van der Waals surface area contributed by atoms with Crippen molar-refractivity contribution in [3.8, 4) is 29.8 Å². The van der Waals surface area contributed by atoms with Crippen molar-refractivity contribution in [2.75, 3.05) is 6.61 Å². The number of hydrogen-bond acceptors (Lipinski definition) is 4. The third kappa shape index (κ3) is 3.45. The number of alkyl halides is 3. The lowest BCUT2D eigenvalue weighted by atomic mass is 10.1. The molecular formula is C16H9F4N3O2. The Morgan fingerprint density at radius 1 is 1.40 bits per heavy atom. The van der Waals surface area contributed by atoms with Gasteiger partial charge in [0.2, 0.25) is 0 Å². The lowest BCUT2D eigenvalue weighted by molar-refractivity contribution is -0.138. The summed E-state index contributed by atoms with van der Waals surface area (Å²) in [5, 5.41) is 12.3. The fourth-order valence-electron chi connectivity index (χ4n) is 2.03. The van der Waals surface area contributed by atoms with E-state index in [-0.39, 0.29) is 17.9 Å². The van der Waals surface area contributed by atoms with E-state index in [9.17, 15) is 22.4 Å². The molecular weight excluding hydrogens is 342 g/mol. The molecule has 2 aromatic rings. The van der Waals surface area contributed by atoms with Gasteiger partial charge in [-0.05, 0) is 13.0 Å². The van der Waals surface area contributed by atoms with Crippen LogP contribution in [-0.2, 0) is 6.18 Å². The van der Waals surface area contributed by atoms with Crippen molar-refractivity contribution in [2.45, 2.75) is 13.1 Å². The Morgan fingerprint density at radius 3 is 2.64 bits per heavy atom. The van der Waals surface area contributed by atoms with E-state index in [1.165, 1.54) is 0 Å². The van der Waals surface area contributed by atoms with Crippen LogP contribution in [0.4, 0.5) is 17.6 Å². The number of terminal acetylenes is 1. The van der Waals surface area contributed by atoms with Gasteiger partial charge >= 0.3 is 6.18 Å². The lowest BCUT2D eigenvalue weighted by Crippen LogP contribution is -2.28. The number of benzene rings is 1. The summed E-state index contributed by atoms with van der Waals surface area (Å²) in [7, 11) is 0. The topological polar surface area (TPSA) is 67.9 Å². The van der Waals surface area contributed by atoms with Gasteiger partial charge in [-0.2, -0.15) is 28.2 Å². The number of aromatic nitrogens is 2. The van der Waals surface area contributed by atoms with Gasteiger partial charge in [-0.25, -0.2) is 4.39 Å². The first-order valence-corrected chi connectivity index (χ1v) is 6.67. The van der Waals surface area contributed by atoms with Gasteiger partial charge in [-0.15, -0.1) is 6.42 Å². The first-order chi connectivity index (χ1) is 11.7. The fourth-order valence-corrected chi connectivity index (χ4v) is 2.03. The molecule has 0 aliphatic rings. The first kappa shape index (κ1) is 18.0. The van der Waals surface area contributed by atoms with E-state index in [0.29, 0.717) is 10.9 Å². The van der Waals surface area contributed by atoms with Crippen molar-refractivity contribution in [1.29, 1.82) is 5.26 Å². The SMILES string of the molecule is C#CCOc1cc(-n2ncc(C(F)(F)F)c(C)c2=O)c(F)cc1C#N. The first-order valence-electron chi connectivity index (χ1n) is 6.67. The summed E-state index contributed by atoms with van der Waals surface area (Å²) < 4.78 is 58.2. The van der Waals surface area contributed by atoms with E-state index >= 15 is 0 Å². The molecule has 1 aromatic carbocycles. The number of nitrogens with zero attached hydrogens (tertiary/aromatic N) is 3. The second kappa shape index (κ2) is 6.65. The lowest BCUT2D eigenvalue weighted by Gasteiger charge is -2.13. The fraction of sp³-hybridized carbons (Fsp3) is 0.188. The van der Waals surface area contributed by atoms with Gasteiger partial charge in [0.1, 0.15) is 24.1 Å². The van der Waals surface area contributed by atoms with Crippen LogP contribution in [0.3, 0.4) is 0 Å². The van der Waals surface area contributed by atoms with Crippen LogP contribution in [0.1, 0.15) is 16.7 Å². The van der Waals surface area contributed by atoms with Crippen LogP contribution >= 0.6 is 0 Å². The molecule has 0 atom stereocenters. The standard InChI is InChI=1S/C16H9F4N3O2/c1-3-4-25-14-6-13(12(17)5-10(14)7-21)23-15(24)9(2)11(8-22-23)16(18,19)20/h1,5-6,8H,4H2,2H3. The molecule has 128 valence electrons. The van der Waals surface area contributed by atoms with Gasteiger partial charge in [0.05, 0.1) is 17.3 Å². The average Bonchev–Trinajstić information content (AvgIpc) is 2.55. The van der Waals surface area contributed by atoms with E-state index in [1.807, 2.05) is 0 Å². The summed E-state index contributed by atoms with van der Waals surface area (Å²) in [5.74, 6) is 1.000. The van der Waals surface area contributed by atoms with Gasteiger partial charge in [0.15, 0.2) is 5.82 Å². The molecule has 0 aliphatic carbocycles. The monoisotopic (exact) mass is 351 g/mol. The van der Waals surface area contributed by atoms with Crippen LogP contribution < -0.4 is 10.3 Å². The molecule has 5 nitrogen and oxygen atoms in total. The minimum atomic E-state index is -4.76. The van der Waals surface area contributed by atoms with Crippen LogP contribution in [0, 0.1) is 36.4 Å². The average molecular weight is 351 g/mol. The van der Waals surface area contributed by atoms with Crippen LogP contribution in [0.25, 0.3) is 5.69 Å². The molecule has 25 heavy (non-hydrogen) atoms. The van der Waals surface area contributed by atoms with Crippen LogP contribution in [-0.4, -0.2) is 16.4 Å². The van der Waals surface area contributed by atoms with Crippen molar-refractivity contribution >= 4 is 0 Å².